The minimum Gasteiger partial charge on any atom is -0.487 e. The van der Waals surface area contributed by atoms with E-state index in [4.69, 9.17) is 4.74 Å². The highest BCUT2D eigenvalue weighted by molar-refractivity contribution is 7.88. The van der Waals surface area contributed by atoms with Crippen LogP contribution in [-0.4, -0.2) is 64.7 Å². The third kappa shape index (κ3) is 4.37. The van der Waals surface area contributed by atoms with E-state index >= 15 is 0 Å². The molecule has 0 aliphatic carbocycles. The summed E-state index contributed by atoms with van der Waals surface area (Å²) in [5.41, 5.74) is 2.21. The summed E-state index contributed by atoms with van der Waals surface area (Å²) >= 11 is 1.15. The number of piperazine rings is 1. The average Bonchev–Trinajstić information content (AvgIpc) is 3.04. The van der Waals surface area contributed by atoms with E-state index in [1.54, 1.807) is 29.2 Å². The first-order valence-corrected chi connectivity index (χ1v) is 10.7. The molecule has 1 aliphatic rings. The lowest BCUT2D eigenvalue weighted by atomic mass is 10.2. The fourth-order valence-corrected chi connectivity index (χ4v) is 4.01. The van der Waals surface area contributed by atoms with E-state index in [9.17, 15) is 13.2 Å². The van der Waals surface area contributed by atoms with Gasteiger partial charge in [-0.3, -0.25) is 4.79 Å². The minimum atomic E-state index is -3.20. The number of hydrogen-bond acceptors (Lipinski definition) is 7. The lowest BCUT2D eigenvalue weighted by molar-refractivity contribution is 0.0698. The Morgan fingerprint density at radius 1 is 1.15 bits per heavy atom. The van der Waals surface area contributed by atoms with Gasteiger partial charge in [0.15, 0.2) is 0 Å². The SMILES string of the molecule is Cc1nsnc1COc1ccc(C(=O)N2CCN(S(C)(=O)=O)CC2)cc1. The van der Waals surface area contributed by atoms with Crippen molar-refractivity contribution in [3.8, 4) is 5.75 Å². The predicted molar refractivity (Wildman–Crippen MR) is 97.7 cm³/mol. The second-order valence-corrected chi connectivity index (χ2v) is 8.57. The molecule has 140 valence electrons. The zero-order chi connectivity index (χ0) is 18.7. The molecule has 0 radical (unpaired) electrons. The van der Waals surface area contributed by atoms with E-state index in [0.29, 0.717) is 44.1 Å². The van der Waals surface area contributed by atoms with Gasteiger partial charge in [-0.25, -0.2) is 8.42 Å². The summed E-state index contributed by atoms with van der Waals surface area (Å²) in [5, 5.41) is 0. The Balaban J connectivity index is 1.56. The topological polar surface area (TPSA) is 92.7 Å². The summed E-state index contributed by atoms with van der Waals surface area (Å²) in [4.78, 5) is 14.2. The molecule has 1 aliphatic heterocycles. The first-order valence-electron chi connectivity index (χ1n) is 8.10. The fourth-order valence-electron chi connectivity index (χ4n) is 2.63. The quantitative estimate of drug-likeness (QED) is 0.753. The summed E-state index contributed by atoms with van der Waals surface area (Å²) in [6.45, 7) is 3.65. The molecular formula is C16H20N4O4S2. The van der Waals surface area contributed by atoms with Crippen LogP contribution in [0.4, 0.5) is 0 Å². The molecule has 0 atom stereocenters. The van der Waals surface area contributed by atoms with Crippen LogP contribution < -0.4 is 4.74 Å². The Kier molecular flexibility index (Phi) is 5.54. The molecule has 8 nitrogen and oxygen atoms in total. The second kappa shape index (κ2) is 7.68. The number of carbonyl (C=O) groups is 1. The molecule has 2 heterocycles. The van der Waals surface area contributed by atoms with E-state index in [2.05, 4.69) is 8.75 Å². The first kappa shape index (κ1) is 18.7. The van der Waals surface area contributed by atoms with Crippen molar-refractivity contribution in [3.05, 3.63) is 41.2 Å². The zero-order valence-corrected chi connectivity index (χ0v) is 16.2. The first-order chi connectivity index (χ1) is 12.3. The lowest BCUT2D eigenvalue weighted by Crippen LogP contribution is -2.50. The monoisotopic (exact) mass is 396 g/mol. The predicted octanol–water partition coefficient (Wildman–Crippen LogP) is 1.14. The molecule has 1 aromatic carbocycles. The van der Waals surface area contributed by atoms with E-state index in [-0.39, 0.29) is 5.91 Å². The highest BCUT2D eigenvalue weighted by Gasteiger charge is 2.26. The van der Waals surface area contributed by atoms with Crippen molar-refractivity contribution < 1.29 is 17.9 Å². The van der Waals surface area contributed by atoms with Gasteiger partial charge in [-0.05, 0) is 31.2 Å². The molecule has 0 spiro atoms. The Bertz CT molecular complexity index is 872. The molecule has 1 aromatic heterocycles. The van der Waals surface area contributed by atoms with Crippen LogP contribution in [0.3, 0.4) is 0 Å². The molecule has 26 heavy (non-hydrogen) atoms. The number of nitrogens with zero attached hydrogens (tertiary/aromatic N) is 4. The number of aryl methyl sites for hydroxylation is 1. The van der Waals surface area contributed by atoms with Crippen molar-refractivity contribution in [2.45, 2.75) is 13.5 Å². The molecule has 2 aromatic rings. The summed E-state index contributed by atoms with van der Waals surface area (Å²) in [6.07, 6.45) is 1.19. The van der Waals surface area contributed by atoms with Gasteiger partial charge in [0.25, 0.3) is 5.91 Å². The molecule has 0 saturated carbocycles. The van der Waals surface area contributed by atoms with E-state index < -0.39 is 10.0 Å². The van der Waals surface area contributed by atoms with Gasteiger partial charge in [0.1, 0.15) is 18.1 Å². The Morgan fingerprint density at radius 2 is 1.81 bits per heavy atom. The van der Waals surface area contributed by atoms with Crippen LogP contribution >= 0.6 is 11.7 Å². The number of amides is 1. The summed E-state index contributed by atoms with van der Waals surface area (Å²) in [5.74, 6) is 0.542. The maximum Gasteiger partial charge on any atom is 0.253 e. The van der Waals surface area contributed by atoms with Crippen molar-refractivity contribution in [1.82, 2.24) is 18.0 Å². The average molecular weight is 396 g/mol. The number of benzene rings is 1. The van der Waals surface area contributed by atoms with Crippen LogP contribution in [-0.2, 0) is 16.6 Å². The molecule has 1 fully saturated rings. The molecule has 0 bridgehead atoms. The van der Waals surface area contributed by atoms with Gasteiger partial charge in [0, 0.05) is 31.7 Å². The van der Waals surface area contributed by atoms with Crippen LogP contribution in [0.1, 0.15) is 21.7 Å². The Hall–Kier alpha value is -2.04. The highest BCUT2D eigenvalue weighted by atomic mass is 32.2. The molecule has 3 rings (SSSR count). The normalized spacial score (nSPS) is 15.8. The van der Waals surface area contributed by atoms with Gasteiger partial charge in [-0.2, -0.15) is 13.1 Å². The van der Waals surface area contributed by atoms with Crippen LogP contribution in [0.5, 0.6) is 5.75 Å². The Labute approximate surface area is 156 Å². The van der Waals surface area contributed by atoms with Crippen molar-refractivity contribution in [3.63, 3.8) is 0 Å². The van der Waals surface area contributed by atoms with Crippen LogP contribution in [0.15, 0.2) is 24.3 Å². The maximum absolute atomic E-state index is 12.6. The van der Waals surface area contributed by atoms with Crippen LogP contribution in [0, 0.1) is 6.92 Å². The van der Waals surface area contributed by atoms with E-state index in [1.807, 2.05) is 6.92 Å². The molecule has 10 heteroatoms. The van der Waals surface area contributed by atoms with Crippen molar-refractivity contribution in [2.75, 3.05) is 32.4 Å². The molecule has 1 saturated heterocycles. The van der Waals surface area contributed by atoms with Gasteiger partial charge in [-0.15, -0.1) is 0 Å². The summed E-state index contributed by atoms with van der Waals surface area (Å²) < 4.78 is 38.4. The number of rotatable bonds is 5. The lowest BCUT2D eigenvalue weighted by Gasteiger charge is -2.33. The number of sulfonamides is 1. The van der Waals surface area contributed by atoms with Gasteiger partial charge < -0.3 is 9.64 Å². The molecule has 0 N–H and O–H groups in total. The number of carbonyl (C=O) groups excluding carboxylic acids is 1. The second-order valence-electron chi connectivity index (χ2n) is 6.06. The van der Waals surface area contributed by atoms with Gasteiger partial charge in [-0.1, -0.05) is 0 Å². The van der Waals surface area contributed by atoms with Crippen LogP contribution in [0.2, 0.25) is 0 Å². The molecular weight excluding hydrogens is 376 g/mol. The van der Waals surface area contributed by atoms with E-state index in [0.717, 1.165) is 23.1 Å². The highest BCUT2D eigenvalue weighted by Crippen LogP contribution is 2.17. The standard InChI is InChI=1S/C16H20N4O4S2/c1-12-15(18-25-17-12)11-24-14-5-3-13(4-6-14)16(21)19-7-9-20(10-8-19)26(2,22)23/h3-6H,7-11H2,1-2H3. The largest absolute Gasteiger partial charge is 0.487 e. The third-order valence-electron chi connectivity index (χ3n) is 4.22. The summed E-state index contributed by atoms with van der Waals surface area (Å²) in [6, 6.07) is 6.92. The number of hydrogen-bond donors (Lipinski definition) is 0. The summed E-state index contributed by atoms with van der Waals surface area (Å²) in [7, 11) is -3.20. The van der Waals surface area contributed by atoms with Gasteiger partial charge in [0.05, 0.1) is 23.7 Å². The van der Waals surface area contributed by atoms with E-state index in [1.165, 1.54) is 10.6 Å². The minimum absolute atomic E-state index is 0.107. The van der Waals surface area contributed by atoms with Gasteiger partial charge in [0.2, 0.25) is 10.0 Å². The smallest absolute Gasteiger partial charge is 0.253 e. The molecule has 1 amide bonds. The number of ether oxygens (including phenoxy) is 1. The Morgan fingerprint density at radius 3 is 2.35 bits per heavy atom. The number of aromatic nitrogens is 2. The van der Waals surface area contributed by atoms with Crippen molar-refractivity contribution in [2.24, 2.45) is 0 Å². The fraction of sp³-hybridized carbons (Fsp3) is 0.438. The maximum atomic E-state index is 12.6. The zero-order valence-electron chi connectivity index (χ0n) is 14.6. The van der Waals surface area contributed by atoms with Crippen molar-refractivity contribution >= 4 is 27.7 Å². The van der Waals surface area contributed by atoms with Crippen LogP contribution in [0.25, 0.3) is 0 Å². The van der Waals surface area contributed by atoms with Crippen molar-refractivity contribution in [1.29, 1.82) is 0 Å². The third-order valence-corrected chi connectivity index (χ3v) is 6.18. The molecule has 0 unspecified atom stereocenters. The van der Waals surface area contributed by atoms with Gasteiger partial charge >= 0.3 is 0 Å².